The summed E-state index contributed by atoms with van der Waals surface area (Å²) in [6, 6.07) is 17.8. The van der Waals surface area contributed by atoms with Crippen molar-refractivity contribution in [3.8, 4) is 11.3 Å². The average Bonchev–Trinajstić information content (AvgIpc) is 3.31. The maximum Gasteiger partial charge on any atom is 0.228 e. The number of anilines is 1. The molecule has 4 aromatic rings. The molecule has 3 heterocycles. The quantitative estimate of drug-likeness (QED) is 0.391. The number of H-pyrrole nitrogens is 1. The Hall–Kier alpha value is -4.26. The first kappa shape index (κ1) is 23.2. The molecular weight excluding hydrogens is 462 g/mol. The highest BCUT2D eigenvalue weighted by molar-refractivity contribution is 5.97. The molecule has 2 N–H and O–H groups in total. The van der Waals surface area contributed by atoms with Gasteiger partial charge in [0.15, 0.2) is 0 Å². The van der Waals surface area contributed by atoms with Crippen LogP contribution in [0, 0.1) is 18.8 Å². The van der Waals surface area contributed by atoms with Gasteiger partial charge in [-0.15, -0.1) is 0 Å². The summed E-state index contributed by atoms with van der Waals surface area (Å²) in [5.74, 6) is -0.157. The van der Waals surface area contributed by atoms with Gasteiger partial charge in [0.1, 0.15) is 5.82 Å². The zero-order valence-electron chi connectivity index (χ0n) is 20.8. The van der Waals surface area contributed by atoms with Gasteiger partial charge < -0.3 is 15.2 Å². The molecule has 1 aliphatic carbocycles. The number of nitrogens with zero attached hydrogens (tertiary/aromatic N) is 3. The first-order valence-electron chi connectivity index (χ1n) is 12.8. The van der Waals surface area contributed by atoms with Crippen LogP contribution in [-0.4, -0.2) is 38.2 Å². The first-order chi connectivity index (χ1) is 18.1. The fourth-order valence-electron chi connectivity index (χ4n) is 5.60. The van der Waals surface area contributed by atoms with Gasteiger partial charge in [-0.2, -0.15) is 0 Å². The van der Waals surface area contributed by atoms with E-state index in [4.69, 9.17) is 0 Å². The normalized spacial score (nSPS) is 19.0. The van der Waals surface area contributed by atoms with Gasteiger partial charge in [0.2, 0.25) is 11.8 Å². The number of fused-ring (bicyclic) bond motifs is 3. The lowest BCUT2D eigenvalue weighted by atomic mass is 9.81. The number of allylic oxidation sites excluding steroid dienone is 2. The lowest BCUT2D eigenvalue weighted by Crippen LogP contribution is -2.45. The second-order valence-electron chi connectivity index (χ2n) is 9.85. The minimum atomic E-state index is -0.411. The largest absolute Gasteiger partial charge is 0.357 e. The fourth-order valence-corrected chi connectivity index (χ4v) is 5.60. The zero-order chi connectivity index (χ0) is 25.4. The topological polar surface area (TPSA) is 91.0 Å². The lowest BCUT2D eigenvalue weighted by molar-refractivity contribution is -0.141. The number of para-hydroxylation sites is 1. The minimum absolute atomic E-state index is 0.0546. The van der Waals surface area contributed by atoms with Gasteiger partial charge in [-0.05, 0) is 56.0 Å². The van der Waals surface area contributed by atoms with Crippen LogP contribution < -0.4 is 5.32 Å². The van der Waals surface area contributed by atoms with E-state index in [9.17, 15) is 9.59 Å². The molecule has 7 heteroatoms. The Bertz CT molecular complexity index is 1520. The van der Waals surface area contributed by atoms with Crippen LogP contribution in [-0.2, 0) is 22.6 Å². The number of hydrogen-bond acceptors (Lipinski definition) is 4. The third kappa shape index (κ3) is 4.53. The van der Waals surface area contributed by atoms with Crippen molar-refractivity contribution < 1.29 is 9.59 Å². The van der Waals surface area contributed by atoms with Gasteiger partial charge in [0.05, 0.1) is 24.1 Å². The third-order valence-corrected chi connectivity index (χ3v) is 7.48. The smallest absolute Gasteiger partial charge is 0.228 e. The molecule has 2 unspecified atom stereocenters. The van der Waals surface area contributed by atoms with E-state index in [1.54, 1.807) is 6.20 Å². The lowest BCUT2D eigenvalue weighted by Gasteiger charge is -2.34. The highest BCUT2D eigenvalue weighted by Crippen LogP contribution is 2.33. The second-order valence-corrected chi connectivity index (χ2v) is 9.85. The van der Waals surface area contributed by atoms with Crippen LogP contribution in [0.4, 0.5) is 5.69 Å². The summed E-state index contributed by atoms with van der Waals surface area (Å²) in [6.45, 7) is 3.07. The Morgan fingerprint density at radius 2 is 1.86 bits per heavy atom. The molecule has 2 aromatic heterocycles. The molecule has 0 saturated heterocycles. The summed E-state index contributed by atoms with van der Waals surface area (Å²) >= 11 is 0. The van der Waals surface area contributed by atoms with Crippen LogP contribution in [0.5, 0.6) is 0 Å². The van der Waals surface area contributed by atoms with Crippen molar-refractivity contribution in [2.45, 2.75) is 32.7 Å². The highest BCUT2D eigenvalue weighted by atomic mass is 16.2. The Kier molecular flexibility index (Phi) is 6.04. The third-order valence-electron chi connectivity index (χ3n) is 7.48. The van der Waals surface area contributed by atoms with Crippen LogP contribution >= 0.6 is 0 Å². The molecule has 6 rings (SSSR count). The number of amides is 2. The molecule has 37 heavy (non-hydrogen) atoms. The second kappa shape index (κ2) is 9.65. The van der Waals surface area contributed by atoms with Gasteiger partial charge >= 0.3 is 0 Å². The van der Waals surface area contributed by atoms with E-state index in [1.807, 2.05) is 60.4 Å². The molecule has 186 valence electrons. The number of aromatic nitrogens is 3. The molecule has 0 spiro atoms. The van der Waals surface area contributed by atoms with Gasteiger partial charge in [0.25, 0.3) is 0 Å². The van der Waals surface area contributed by atoms with E-state index in [1.165, 1.54) is 10.9 Å². The molecule has 2 aliphatic rings. The summed E-state index contributed by atoms with van der Waals surface area (Å²) < 4.78 is 0. The van der Waals surface area contributed by atoms with Crippen molar-refractivity contribution in [1.29, 1.82) is 0 Å². The van der Waals surface area contributed by atoms with Gasteiger partial charge in [0, 0.05) is 40.6 Å². The molecule has 2 aromatic carbocycles. The van der Waals surface area contributed by atoms with Crippen LogP contribution in [0.25, 0.3) is 22.2 Å². The summed E-state index contributed by atoms with van der Waals surface area (Å²) in [6.07, 6.45) is 7.72. The van der Waals surface area contributed by atoms with Crippen molar-refractivity contribution >= 4 is 28.4 Å². The van der Waals surface area contributed by atoms with E-state index >= 15 is 0 Å². The molecular formula is C30H29N5O2. The molecule has 0 fully saturated rings. The summed E-state index contributed by atoms with van der Waals surface area (Å²) in [5, 5.41) is 4.30. The molecule has 0 bridgehead atoms. The number of hydrogen-bond donors (Lipinski definition) is 2. The molecule has 0 radical (unpaired) electrons. The maximum absolute atomic E-state index is 13.7. The Balaban J connectivity index is 1.18. The summed E-state index contributed by atoms with van der Waals surface area (Å²) in [5.41, 5.74) is 5.92. The number of rotatable bonds is 4. The van der Waals surface area contributed by atoms with Crippen LogP contribution in [0.15, 0.2) is 72.9 Å². The van der Waals surface area contributed by atoms with Crippen molar-refractivity contribution in [3.05, 3.63) is 90.0 Å². The van der Waals surface area contributed by atoms with Gasteiger partial charge in [-0.3, -0.25) is 9.59 Å². The molecule has 2 atom stereocenters. The van der Waals surface area contributed by atoms with E-state index in [-0.39, 0.29) is 17.7 Å². The predicted octanol–water partition coefficient (Wildman–Crippen LogP) is 5.04. The van der Waals surface area contributed by atoms with E-state index in [0.717, 1.165) is 28.9 Å². The molecule has 7 nitrogen and oxygen atoms in total. The van der Waals surface area contributed by atoms with E-state index in [0.29, 0.717) is 37.4 Å². The first-order valence-corrected chi connectivity index (χ1v) is 12.8. The molecule has 2 amide bonds. The minimum Gasteiger partial charge on any atom is -0.357 e. The number of aryl methyl sites for hydroxylation is 1. The molecule has 0 saturated carbocycles. The van der Waals surface area contributed by atoms with Crippen LogP contribution in [0.2, 0.25) is 0 Å². The highest BCUT2D eigenvalue weighted by Gasteiger charge is 2.37. The van der Waals surface area contributed by atoms with Crippen molar-refractivity contribution in [1.82, 2.24) is 19.9 Å². The average molecular weight is 492 g/mol. The Labute approximate surface area is 215 Å². The van der Waals surface area contributed by atoms with Gasteiger partial charge in [-0.1, -0.05) is 42.5 Å². The van der Waals surface area contributed by atoms with Crippen molar-refractivity contribution in [2.75, 3.05) is 11.9 Å². The number of carbonyl (C=O) groups excluding carboxylic acids is 2. The SMILES string of the molecule is Cc1nccc(-c2cccc(NC(=O)C3CC=CCC3C(=O)N3CCc4c([nH]c5ccccc45)C3)c2)n1. The van der Waals surface area contributed by atoms with Crippen molar-refractivity contribution in [3.63, 3.8) is 0 Å². The Morgan fingerprint density at radius 3 is 2.73 bits per heavy atom. The number of carbonyl (C=O) groups is 2. The molecule has 1 aliphatic heterocycles. The zero-order valence-corrected chi connectivity index (χ0v) is 20.8. The predicted molar refractivity (Wildman–Crippen MR) is 144 cm³/mol. The monoisotopic (exact) mass is 491 g/mol. The van der Waals surface area contributed by atoms with Gasteiger partial charge in [-0.25, -0.2) is 9.97 Å². The van der Waals surface area contributed by atoms with Crippen LogP contribution in [0.1, 0.15) is 29.9 Å². The number of nitrogens with one attached hydrogen (secondary N) is 2. The number of aromatic amines is 1. The standard InChI is InChI=1S/C30H29N5O2/c1-19-31-15-13-26(32-19)20-7-6-8-21(17-20)33-29(36)24-10-2-3-11-25(24)30(37)35-16-14-23-22-9-4-5-12-27(22)34-28(23)18-35/h2-9,12-13,15,17,24-25,34H,10-11,14,16,18H2,1H3,(H,33,36). The summed E-state index contributed by atoms with van der Waals surface area (Å²) in [4.78, 5) is 41.2. The van der Waals surface area contributed by atoms with E-state index in [2.05, 4.69) is 38.5 Å². The Morgan fingerprint density at radius 1 is 1.03 bits per heavy atom. The van der Waals surface area contributed by atoms with E-state index < -0.39 is 5.92 Å². The van der Waals surface area contributed by atoms with Crippen LogP contribution in [0.3, 0.4) is 0 Å². The fraction of sp³-hybridized carbons (Fsp3) is 0.267. The summed E-state index contributed by atoms with van der Waals surface area (Å²) in [7, 11) is 0. The maximum atomic E-state index is 13.7. The van der Waals surface area contributed by atoms with Crippen molar-refractivity contribution in [2.24, 2.45) is 11.8 Å². The number of benzene rings is 2.